The molecular formula is C16H14FNO2. The van der Waals surface area contributed by atoms with Gasteiger partial charge in [-0.25, -0.2) is 4.39 Å². The van der Waals surface area contributed by atoms with E-state index in [1.807, 2.05) is 6.07 Å². The maximum Gasteiger partial charge on any atom is 0.251 e. The van der Waals surface area contributed by atoms with E-state index in [1.165, 1.54) is 24.3 Å². The molecule has 20 heavy (non-hydrogen) atoms. The lowest BCUT2D eigenvalue weighted by Gasteiger charge is -2.13. The summed E-state index contributed by atoms with van der Waals surface area (Å²) in [7, 11) is 0. The minimum Gasteiger partial charge on any atom is -0.342 e. The Morgan fingerprint density at radius 1 is 0.950 bits per heavy atom. The van der Waals surface area contributed by atoms with E-state index in [1.54, 1.807) is 31.2 Å². The van der Waals surface area contributed by atoms with Crippen molar-refractivity contribution in [3.63, 3.8) is 0 Å². The maximum atomic E-state index is 12.8. The molecule has 0 fully saturated rings. The highest BCUT2D eigenvalue weighted by atomic mass is 18.2. The van der Waals surface area contributed by atoms with E-state index in [2.05, 4.69) is 5.32 Å². The van der Waals surface area contributed by atoms with Crippen molar-refractivity contribution in [2.45, 2.75) is 13.0 Å². The van der Waals surface area contributed by atoms with Crippen LogP contribution < -0.4 is 5.32 Å². The number of nitrogens with one attached hydrogen (secondary N) is 1. The molecule has 0 heterocycles. The summed E-state index contributed by atoms with van der Waals surface area (Å²) in [5.74, 6) is -0.967. The van der Waals surface area contributed by atoms with Gasteiger partial charge in [0.1, 0.15) is 5.82 Å². The van der Waals surface area contributed by atoms with Crippen LogP contribution in [-0.4, -0.2) is 17.7 Å². The molecule has 0 aliphatic heterocycles. The van der Waals surface area contributed by atoms with Crippen molar-refractivity contribution in [1.29, 1.82) is 0 Å². The molecule has 2 aromatic rings. The molecule has 1 amide bonds. The summed E-state index contributed by atoms with van der Waals surface area (Å²) in [6.07, 6.45) is 0. The molecule has 0 radical (unpaired) electrons. The third-order valence-electron chi connectivity index (χ3n) is 2.91. The molecule has 0 aliphatic rings. The quantitative estimate of drug-likeness (QED) is 0.868. The van der Waals surface area contributed by atoms with Gasteiger partial charge in [-0.1, -0.05) is 18.2 Å². The normalized spacial score (nSPS) is 11.7. The van der Waals surface area contributed by atoms with Crippen LogP contribution in [0.15, 0.2) is 54.6 Å². The molecule has 1 unspecified atom stereocenters. The molecule has 4 heteroatoms. The zero-order chi connectivity index (χ0) is 14.5. The molecule has 0 aliphatic carbocycles. The van der Waals surface area contributed by atoms with E-state index >= 15 is 0 Å². The van der Waals surface area contributed by atoms with Gasteiger partial charge in [0, 0.05) is 11.1 Å². The zero-order valence-corrected chi connectivity index (χ0v) is 11.0. The highest BCUT2D eigenvalue weighted by molar-refractivity contribution is 6.04. The van der Waals surface area contributed by atoms with Gasteiger partial charge >= 0.3 is 0 Å². The summed E-state index contributed by atoms with van der Waals surface area (Å²) in [6.45, 7) is 1.60. The molecule has 0 saturated heterocycles. The Hall–Kier alpha value is -2.49. The number of hydrogen-bond acceptors (Lipinski definition) is 2. The van der Waals surface area contributed by atoms with Crippen LogP contribution in [0, 0.1) is 5.82 Å². The third-order valence-corrected chi connectivity index (χ3v) is 2.91. The van der Waals surface area contributed by atoms with E-state index < -0.39 is 11.9 Å². The Morgan fingerprint density at radius 3 is 2.15 bits per heavy atom. The summed E-state index contributed by atoms with van der Waals surface area (Å²) in [6, 6.07) is 13.2. The first-order chi connectivity index (χ1) is 9.58. The van der Waals surface area contributed by atoms with Gasteiger partial charge in [-0.2, -0.15) is 0 Å². The molecule has 0 aromatic heterocycles. The van der Waals surface area contributed by atoms with Crippen molar-refractivity contribution in [2.75, 3.05) is 0 Å². The predicted molar refractivity (Wildman–Crippen MR) is 74.1 cm³/mol. The van der Waals surface area contributed by atoms with Crippen LogP contribution in [0.3, 0.4) is 0 Å². The van der Waals surface area contributed by atoms with E-state index in [-0.39, 0.29) is 11.7 Å². The molecule has 3 nitrogen and oxygen atoms in total. The van der Waals surface area contributed by atoms with Gasteiger partial charge in [-0.15, -0.1) is 0 Å². The number of ketones is 1. The molecule has 1 atom stereocenters. The Balaban J connectivity index is 2.05. The lowest BCUT2D eigenvalue weighted by molar-refractivity contribution is 0.0865. The number of rotatable bonds is 4. The van der Waals surface area contributed by atoms with Crippen molar-refractivity contribution >= 4 is 11.7 Å². The monoisotopic (exact) mass is 270 g/mol. The Labute approximate surface area is 116 Å². The lowest BCUT2D eigenvalue weighted by atomic mass is 10.0. The number of benzene rings is 2. The van der Waals surface area contributed by atoms with Crippen molar-refractivity contribution in [1.82, 2.24) is 5.32 Å². The fraction of sp³-hybridized carbons (Fsp3) is 0.125. The van der Waals surface area contributed by atoms with E-state index in [0.29, 0.717) is 11.1 Å². The minimum absolute atomic E-state index is 0.255. The van der Waals surface area contributed by atoms with Crippen molar-refractivity contribution < 1.29 is 14.0 Å². The number of carbonyl (C=O) groups excluding carboxylic acids is 2. The van der Waals surface area contributed by atoms with E-state index in [4.69, 9.17) is 0 Å². The van der Waals surface area contributed by atoms with Crippen LogP contribution in [0.4, 0.5) is 4.39 Å². The second-order valence-electron chi connectivity index (χ2n) is 4.43. The summed E-state index contributed by atoms with van der Waals surface area (Å²) in [5.41, 5.74) is 0.860. The molecular weight excluding hydrogens is 256 g/mol. The fourth-order valence-electron chi connectivity index (χ4n) is 1.80. The summed E-state index contributed by atoms with van der Waals surface area (Å²) in [5, 5.41) is 2.63. The molecule has 2 aromatic carbocycles. The molecule has 0 saturated carbocycles. The second-order valence-corrected chi connectivity index (χ2v) is 4.43. The first-order valence-electron chi connectivity index (χ1n) is 6.23. The standard InChI is InChI=1S/C16H14FNO2/c1-11(15(19)12-7-9-14(17)10-8-12)18-16(20)13-5-3-2-4-6-13/h2-11H,1H3,(H,18,20)/i17-1. The zero-order valence-electron chi connectivity index (χ0n) is 11.0. The number of carbonyl (C=O) groups is 2. The van der Waals surface area contributed by atoms with Gasteiger partial charge in [0.15, 0.2) is 5.78 Å². The highest BCUT2D eigenvalue weighted by Crippen LogP contribution is 2.07. The predicted octanol–water partition coefficient (Wildman–Crippen LogP) is 2.83. The Morgan fingerprint density at radius 2 is 1.55 bits per heavy atom. The van der Waals surface area contributed by atoms with Gasteiger partial charge in [-0.3, -0.25) is 9.59 Å². The van der Waals surface area contributed by atoms with Gasteiger partial charge in [0.25, 0.3) is 5.91 Å². The summed E-state index contributed by atoms with van der Waals surface area (Å²) >= 11 is 0. The number of hydrogen-bond donors (Lipinski definition) is 1. The van der Waals surface area contributed by atoms with Crippen LogP contribution in [0.1, 0.15) is 27.6 Å². The van der Waals surface area contributed by atoms with Gasteiger partial charge < -0.3 is 5.32 Å². The SMILES string of the molecule is CC(NC(=O)c1ccccc1)C(=O)c1ccc([18F])cc1. The largest absolute Gasteiger partial charge is 0.342 e. The van der Waals surface area contributed by atoms with Crippen LogP contribution >= 0.6 is 0 Å². The van der Waals surface area contributed by atoms with Crippen LogP contribution in [-0.2, 0) is 0 Å². The average Bonchev–Trinajstić information content (AvgIpc) is 2.48. The van der Waals surface area contributed by atoms with Crippen molar-refractivity contribution in [3.8, 4) is 0 Å². The number of Topliss-reactive ketones (excluding diaryl/α,β-unsaturated/α-hetero) is 1. The Bertz CT molecular complexity index is 608. The molecule has 102 valence electrons. The van der Waals surface area contributed by atoms with Crippen molar-refractivity contribution in [3.05, 3.63) is 71.5 Å². The second kappa shape index (κ2) is 6.10. The Kier molecular flexibility index (Phi) is 4.25. The highest BCUT2D eigenvalue weighted by Gasteiger charge is 2.18. The lowest BCUT2D eigenvalue weighted by Crippen LogP contribution is -2.38. The maximum absolute atomic E-state index is 12.8. The minimum atomic E-state index is -0.673. The molecule has 0 spiro atoms. The van der Waals surface area contributed by atoms with E-state index in [9.17, 15) is 14.0 Å². The molecule has 2 rings (SSSR count). The van der Waals surface area contributed by atoms with E-state index in [0.717, 1.165) is 0 Å². The first-order valence-corrected chi connectivity index (χ1v) is 6.23. The average molecular weight is 270 g/mol. The van der Waals surface area contributed by atoms with Crippen LogP contribution in [0.5, 0.6) is 0 Å². The molecule has 1 N–H and O–H groups in total. The number of amides is 1. The van der Waals surface area contributed by atoms with Crippen LogP contribution in [0.2, 0.25) is 0 Å². The van der Waals surface area contributed by atoms with Gasteiger partial charge in [0.2, 0.25) is 0 Å². The topological polar surface area (TPSA) is 46.2 Å². The smallest absolute Gasteiger partial charge is 0.251 e. The fourth-order valence-corrected chi connectivity index (χ4v) is 1.80. The number of halogens is 1. The summed E-state index contributed by atoms with van der Waals surface area (Å²) in [4.78, 5) is 24.0. The molecule has 0 bridgehead atoms. The third kappa shape index (κ3) is 3.29. The van der Waals surface area contributed by atoms with Gasteiger partial charge in [0.05, 0.1) is 6.04 Å². The summed E-state index contributed by atoms with van der Waals surface area (Å²) < 4.78 is 12.8. The van der Waals surface area contributed by atoms with Crippen molar-refractivity contribution in [2.24, 2.45) is 0 Å². The van der Waals surface area contributed by atoms with Gasteiger partial charge in [-0.05, 0) is 43.3 Å². The first kappa shape index (κ1) is 13.9. The van der Waals surface area contributed by atoms with Crippen LogP contribution in [0.25, 0.3) is 0 Å².